The van der Waals surface area contributed by atoms with Crippen molar-refractivity contribution >= 4 is 11.8 Å². The van der Waals surface area contributed by atoms with Crippen molar-refractivity contribution in [3.8, 4) is 0 Å². The molecule has 0 radical (unpaired) electrons. The molecule has 0 aliphatic carbocycles. The molecule has 0 fully saturated rings. The number of hydrogen-bond donors (Lipinski definition) is 1. The normalized spacial score (nSPS) is 16.4. The average Bonchev–Trinajstić information content (AvgIpc) is 2.09. The molecule has 0 aromatic heterocycles. The highest BCUT2D eigenvalue weighted by molar-refractivity contribution is 7.98. The van der Waals surface area contributed by atoms with Crippen molar-refractivity contribution in [3.05, 3.63) is 12.2 Å². The van der Waals surface area contributed by atoms with E-state index >= 15 is 0 Å². The fourth-order valence-electron chi connectivity index (χ4n) is 1.05. The molecule has 0 aliphatic heterocycles. The first-order chi connectivity index (χ1) is 6.57. The molecule has 3 heteroatoms. The highest BCUT2D eigenvalue weighted by Crippen LogP contribution is 2.11. The maximum absolute atomic E-state index is 5.73. The SMILES string of the molecule is CSCC(OC/C=C/C(C)N)C(C)C. The molecule has 0 aliphatic rings. The summed E-state index contributed by atoms with van der Waals surface area (Å²) >= 11 is 1.83. The summed E-state index contributed by atoms with van der Waals surface area (Å²) in [7, 11) is 0. The average molecular weight is 217 g/mol. The lowest BCUT2D eigenvalue weighted by Gasteiger charge is -2.19. The second-order valence-electron chi connectivity index (χ2n) is 3.86. The van der Waals surface area contributed by atoms with Gasteiger partial charge in [-0.3, -0.25) is 0 Å². The molecule has 0 aromatic rings. The van der Waals surface area contributed by atoms with E-state index in [1.165, 1.54) is 0 Å². The van der Waals surface area contributed by atoms with E-state index in [1.54, 1.807) is 0 Å². The zero-order chi connectivity index (χ0) is 11.0. The quantitative estimate of drug-likeness (QED) is 0.665. The summed E-state index contributed by atoms with van der Waals surface area (Å²) in [6.07, 6.45) is 6.43. The molecule has 0 spiro atoms. The molecule has 2 nitrogen and oxygen atoms in total. The summed E-state index contributed by atoms with van der Waals surface area (Å²) in [5.74, 6) is 1.63. The van der Waals surface area contributed by atoms with Gasteiger partial charge in [-0.2, -0.15) is 11.8 Å². The zero-order valence-corrected chi connectivity index (χ0v) is 10.5. The van der Waals surface area contributed by atoms with E-state index in [9.17, 15) is 0 Å². The van der Waals surface area contributed by atoms with Crippen molar-refractivity contribution in [2.75, 3.05) is 18.6 Å². The van der Waals surface area contributed by atoms with Gasteiger partial charge in [-0.15, -0.1) is 0 Å². The molecule has 14 heavy (non-hydrogen) atoms. The van der Waals surface area contributed by atoms with E-state index in [0.717, 1.165) is 5.75 Å². The van der Waals surface area contributed by atoms with Crippen molar-refractivity contribution in [3.63, 3.8) is 0 Å². The predicted octanol–water partition coefficient (Wildman–Crippen LogP) is 2.29. The van der Waals surface area contributed by atoms with Crippen molar-refractivity contribution < 1.29 is 4.74 Å². The van der Waals surface area contributed by atoms with Crippen LogP contribution in [0.25, 0.3) is 0 Å². The van der Waals surface area contributed by atoms with Crippen LogP contribution in [0.1, 0.15) is 20.8 Å². The molecule has 2 atom stereocenters. The van der Waals surface area contributed by atoms with Crippen LogP contribution in [0.2, 0.25) is 0 Å². The topological polar surface area (TPSA) is 35.2 Å². The molecular weight excluding hydrogens is 194 g/mol. The lowest BCUT2D eigenvalue weighted by molar-refractivity contribution is 0.0581. The molecule has 84 valence electrons. The largest absolute Gasteiger partial charge is 0.373 e. The van der Waals surface area contributed by atoms with E-state index in [4.69, 9.17) is 10.5 Å². The molecule has 0 heterocycles. The number of rotatable bonds is 7. The van der Waals surface area contributed by atoms with Crippen LogP contribution in [0, 0.1) is 5.92 Å². The zero-order valence-electron chi connectivity index (χ0n) is 9.69. The molecule has 0 bridgehead atoms. The van der Waals surface area contributed by atoms with Crippen molar-refractivity contribution in [1.82, 2.24) is 0 Å². The summed E-state index contributed by atoms with van der Waals surface area (Å²) in [4.78, 5) is 0. The van der Waals surface area contributed by atoms with E-state index in [1.807, 2.05) is 30.8 Å². The van der Waals surface area contributed by atoms with E-state index < -0.39 is 0 Å². The smallest absolute Gasteiger partial charge is 0.0692 e. The van der Waals surface area contributed by atoms with Crippen molar-refractivity contribution in [2.24, 2.45) is 11.7 Å². The van der Waals surface area contributed by atoms with Gasteiger partial charge in [0.1, 0.15) is 0 Å². The number of nitrogens with two attached hydrogens (primary N) is 1. The molecular formula is C11H23NOS. The van der Waals surface area contributed by atoms with Gasteiger partial charge in [-0.25, -0.2) is 0 Å². The number of thioether (sulfide) groups is 1. The second-order valence-corrected chi connectivity index (χ2v) is 4.77. The van der Waals surface area contributed by atoms with E-state index in [0.29, 0.717) is 18.6 Å². The van der Waals surface area contributed by atoms with Crippen LogP contribution in [0.4, 0.5) is 0 Å². The first-order valence-corrected chi connectivity index (χ1v) is 6.50. The Bertz CT molecular complexity index is 157. The second kappa shape index (κ2) is 8.33. The molecule has 0 saturated heterocycles. The van der Waals surface area contributed by atoms with Gasteiger partial charge in [0.2, 0.25) is 0 Å². The molecule has 0 saturated carbocycles. The minimum Gasteiger partial charge on any atom is -0.373 e. The Morgan fingerprint density at radius 1 is 1.36 bits per heavy atom. The van der Waals surface area contributed by atoms with Gasteiger partial charge in [0, 0.05) is 11.8 Å². The van der Waals surface area contributed by atoms with Crippen LogP contribution in [-0.4, -0.2) is 30.8 Å². The van der Waals surface area contributed by atoms with Gasteiger partial charge in [0.05, 0.1) is 12.7 Å². The first kappa shape index (κ1) is 14.0. The Labute approximate surface area is 92.3 Å². The van der Waals surface area contributed by atoms with Gasteiger partial charge in [-0.05, 0) is 19.1 Å². The maximum Gasteiger partial charge on any atom is 0.0692 e. The summed E-state index contributed by atoms with van der Waals surface area (Å²) in [5, 5.41) is 0. The fourth-order valence-corrected chi connectivity index (χ4v) is 1.86. The van der Waals surface area contributed by atoms with Crippen LogP contribution < -0.4 is 5.73 Å². The molecule has 0 aromatic carbocycles. The molecule has 0 rings (SSSR count). The Morgan fingerprint density at radius 3 is 2.43 bits per heavy atom. The monoisotopic (exact) mass is 217 g/mol. The Morgan fingerprint density at radius 2 is 2.00 bits per heavy atom. The Kier molecular flexibility index (Phi) is 8.34. The molecule has 2 N–H and O–H groups in total. The lowest BCUT2D eigenvalue weighted by Crippen LogP contribution is -2.22. The predicted molar refractivity (Wildman–Crippen MR) is 65.7 cm³/mol. The Hall–Kier alpha value is 0.01000. The van der Waals surface area contributed by atoms with Gasteiger partial charge in [0.25, 0.3) is 0 Å². The van der Waals surface area contributed by atoms with Crippen LogP contribution in [0.15, 0.2) is 12.2 Å². The first-order valence-electron chi connectivity index (χ1n) is 5.10. The van der Waals surface area contributed by atoms with Crippen LogP contribution >= 0.6 is 11.8 Å². The maximum atomic E-state index is 5.73. The van der Waals surface area contributed by atoms with Crippen LogP contribution in [0.3, 0.4) is 0 Å². The summed E-state index contributed by atoms with van der Waals surface area (Å²) in [6.45, 7) is 7.01. The summed E-state index contributed by atoms with van der Waals surface area (Å²) < 4.78 is 5.73. The number of hydrogen-bond acceptors (Lipinski definition) is 3. The van der Waals surface area contributed by atoms with Crippen molar-refractivity contribution in [2.45, 2.75) is 32.9 Å². The third kappa shape index (κ3) is 7.42. The van der Waals surface area contributed by atoms with Gasteiger partial charge in [-0.1, -0.05) is 26.0 Å². The van der Waals surface area contributed by atoms with Gasteiger partial charge in [0.15, 0.2) is 0 Å². The summed E-state index contributed by atoms with van der Waals surface area (Å²) in [6, 6.07) is 0.122. The molecule has 0 amide bonds. The highest BCUT2D eigenvalue weighted by Gasteiger charge is 2.11. The lowest BCUT2D eigenvalue weighted by atomic mass is 10.1. The Balaban J connectivity index is 3.71. The summed E-state index contributed by atoms with van der Waals surface area (Å²) in [5.41, 5.74) is 5.58. The molecule has 2 unspecified atom stereocenters. The van der Waals surface area contributed by atoms with E-state index in [-0.39, 0.29) is 6.04 Å². The van der Waals surface area contributed by atoms with Crippen molar-refractivity contribution in [1.29, 1.82) is 0 Å². The number of ether oxygens (including phenoxy) is 1. The highest BCUT2D eigenvalue weighted by atomic mass is 32.2. The van der Waals surface area contributed by atoms with Crippen LogP contribution in [0.5, 0.6) is 0 Å². The van der Waals surface area contributed by atoms with Gasteiger partial charge < -0.3 is 10.5 Å². The third-order valence-corrected chi connectivity index (χ3v) is 2.58. The van der Waals surface area contributed by atoms with Crippen LogP contribution in [-0.2, 0) is 4.74 Å². The minimum atomic E-state index is 0.122. The third-order valence-electron chi connectivity index (χ3n) is 1.92. The van der Waals surface area contributed by atoms with E-state index in [2.05, 4.69) is 20.1 Å². The standard InChI is InChI=1S/C11H23NOS/c1-9(2)11(8-14-4)13-7-5-6-10(3)12/h5-6,9-11H,7-8,12H2,1-4H3/b6-5+. The fraction of sp³-hybridized carbons (Fsp3) is 0.818. The van der Waals surface area contributed by atoms with Gasteiger partial charge >= 0.3 is 0 Å². The minimum absolute atomic E-state index is 0.122.